The fraction of sp³-hybridized carbons (Fsp3) is 0.462. The Hall–Kier alpha value is -1.24. The van der Waals surface area contributed by atoms with Crippen molar-refractivity contribution in [1.82, 2.24) is 4.90 Å². The van der Waals surface area contributed by atoms with Crippen LogP contribution in [0, 0.1) is 11.3 Å². The second-order valence-corrected chi connectivity index (χ2v) is 4.71. The molecule has 1 rings (SSSR count). The lowest BCUT2D eigenvalue weighted by Crippen LogP contribution is -2.31. The van der Waals surface area contributed by atoms with Gasteiger partial charge in [0.15, 0.2) is 0 Å². The molecular weight excluding hydrogens is 234 g/mol. The molecule has 0 spiro atoms. The molecule has 1 aromatic rings. The maximum atomic E-state index is 8.76. The van der Waals surface area contributed by atoms with Crippen molar-refractivity contribution >= 4 is 17.3 Å². The lowest BCUT2D eigenvalue weighted by molar-refractivity contribution is 0.284. The number of hydrogen-bond acceptors (Lipinski definition) is 3. The van der Waals surface area contributed by atoms with E-state index in [2.05, 4.69) is 31.1 Å². The van der Waals surface area contributed by atoms with Crippen molar-refractivity contribution in [1.29, 1.82) is 5.26 Å². The maximum Gasteiger partial charge on any atom is 0.101 e. The third kappa shape index (κ3) is 4.26. The number of halogens is 1. The van der Waals surface area contributed by atoms with Crippen molar-refractivity contribution in [2.45, 2.75) is 19.9 Å². The van der Waals surface area contributed by atoms with Gasteiger partial charge in [-0.05, 0) is 39.1 Å². The van der Waals surface area contributed by atoms with Crippen molar-refractivity contribution in [3.8, 4) is 6.07 Å². The lowest BCUT2D eigenvalue weighted by atomic mass is 10.2. The average molecular weight is 252 g/mol. The molecule has 0 radical (unpaired) electrons. The number of hydrogen-bond donors (Lipinski definition) is 1. The van der Waals surface area contributed by atoms with E-state index in [1.54, 1.807) is 12.1 Å². The second kappa shape index (κ2) is 6.48. The van der Waals surface area contributed by atoms with Gasteiger partial charge in [0.1, 0.15) is 6.07 Å². The predicted molar refractivity (Wildman–Crippen MR) is 72.4 cm³/mol. The molecule has 0 amide bonds. The Labute approximate surface area is 108 Å². The smallest absolute Gasteiger partial charge is 0.101 e. The van der Waals surface area contributed by atoms with Crippen molar-refractivity contribution in [2.24, 2.45) is 0 Å². The Kier molecular flexibility index (Phi) is 5.27. The number of nitrogens with zero attached hydrogens (tertiary/aromatic N) is 2. The van der Waals surface area contributed by atoms with Gasteiger partial charge in [-0.2, -0.15) is 5.26 Å². The fourth-order valence-electron chi connectivity index (χ4n) is 1.35. The molecule has 0 saturated heterocycles. The van der Waals surface area contributed by atoms with Crippen molar-refractivity contribution in [3.05, 3.63) is 28.8 Å². The van der Waals surface area contributed by atoms with E-state index < -0.39 is 0 Å². The van der Waals surface area contributed by atoms with Gasteiger partial charge in [-0.1, -0.05) is 11.6 Å². The van der Waals surface area contributed by atoms with Gasteiger partial charge in [0.05, 0.1) is 10.6 Å². The fourth-order valence-corrected chi connectivity index (χ4v) is 1.57. The highest BCUT2D eigenvalue weighted by Crippen LogP contribution is 2.19. The summed E-state index contributed by atoms with van der Waals surface area (Å²) in [4.78, 5) is 2.26. The molecule has 17 heavy (non-hydrogen) atoms. The molecule has 0 heterocycles. The van der Waals surface area contributed by atoms with Crippen molar-refractivity contribution in [2.75, 3.05) is 25.5 Å². The summed E-state index contributed by atoms with van der Waals surface area (Å²) in [7, 11) is 2.10. The van der Waals surface area contributed by atoms with Crippen molar-refractivity contribution < 1.29 is 0 Å². The van der Waals surface area contributed by atoms with Crippen LogP contribution >= 0.6 is 11.6 Å². The molecule has 0 unspecified atom stereocenters. The number of rotatable bonds is 5. The van der Waals surface area contributed by atoms with Crippen LogP contribution < -0.4 is 5.32 Å². The summed E-state index contributed by atoms with van der Waals surface area (Å²) in [6.45, 7) is 6.16. The summed E-state index contributed by atoms with van der Waals surface area (Å²) >= 11 is 5.95. The summed E-state index contributed by atoms with van der Waals surface area (Å²) in [6.07, 6.45) is 0. The van der Waals surface area contributed by atoms with Crippen LogP contribution in [0.25, 0.3) is 0 Å². The van der Waals surface area contributed by atoms with Gasteiger partial charge in [0, 0.05) is 24.8 Å². The van der Waals surface area contributed by atoms with Crippen LogP contribution in [-0.2, 0) is 0 Å². The Morgan fingerprint density at radius 2 is 2.18 bits per heavy atom. The van der Waals surface area contributed by atoms with Crippen LogP contribution in [0.3, 0.4) is 0 Å². The summed E-state index contributed by atoms with van der Waals surface area (Å²) in [5.74, 6) is 0. The number of anilines is 1. The summed E-state index contributed by atoms with van der Waals surface area (Å²) in [5.41, 5.74) is 1.46. The third-order valence-electron chi connectivity index (χ3n) is 2.76. The summed E-state index contributed by atoms with van der Waals surface area (Å²) in [5, 5.41) is 12.5. The lowest BCUT2D eigenvalue weighted by Gasteiger charge is -2.21. The summed E-state index contributed by atoms with van der Waals surface area (Å²) in [6, 6.07) is 7.98. The zero-order valence-corrected chi connectivity index (χ0v) is 11.3. The Balaban J connectivity index is 2.48. The van der Waals surface area contributed by atoms with Gasteiger partial charge >= 0.3 is 0 Å². The molecule has 3 nitrogen and oxygen atoms in total. The summed E-state index contributed by atoms with van der Waals surface area (Å²) < 4.78 is 0. The van der Waals surface area contributed by atoms with Gasteiger partial charge < -0.3 is 10.2 Å². The second-order valence-electron chi connectivity index (χ2n) is 4.31. The minimum atomic E-state index is 0.495. The van der Waals surface area contributed by atoms with E-state index in [4.69, 9.17) is 16.9 Å². The van der Waals surface area contributed by atoms with Crippen LogP contribution in [0.4, 0.5) is 5.69 Å². The number of likely N-dealkylation sites (N-methyl/N-ethyl adjacent to an activating group) is 1. The molecule has 0 aliphatic heterocycles. The van der Waals surface area contributed by atoms with Crippen LogP contribution in [-0.4, -0.2) is 31.1 Å². The molecule has 1 N–H and O–H groups in total. The standard InChI is InChI=1S/C13H18ClN3/c1-10(2)17(3)7-6-16-12-5-4-11(9-15)13(14)8-12/h4-5,8,10,16H,6-7H2,1-3H3. The van der Waals surface area contributed by atoms with E-state index in [0.717, 1.165) is 18.8 Å². The molecule has 0 aliphatic rings. The SMILES string of the molecule is CC(C)N(C)CCNc1ccc(C#N)c(Cl)c1. The van der Waals surface area contributed by atoms with E-state index >= 15 is 0 Å². The molecule has 0 aliphatic carbocycles. The number of benzene rings is 1. The Morgan fingerprint density at radius 3 is 2.71 bits per heavy atom. The Bertz CT molecular complexity index is 410. The number of nitriles is 1. The van der Waals surface area contributed by atoms with E-state index in [-0.39, 0.29) is 0 Å². The first-order valence-corrected chi connectivity index (χ1v) is 6.06. The van der Waals surface area contributed by atoms with Crippen LogP contribution in [0.15, 0.2) is 18.2 Å². The molecule has 4 heteroatoms. The van der Waals surface area contributed by atoms with Gasteiger partial charge in [-0.3, -0.25) is 0 Å². The zero-order chi connectivity index (χ0) is 12.8. The van der Waals surface area contributed by atoms with E-state index in [9.17, 15) is 0 Å². The predicted octanol–water partition coefficient (Wildman–Crippen LogP) is 2.96. The van der Waals surface area contributed by atoms with Gasteiger partial charge in [-0.25, -0.2) is 0 Å². The molecule has 0 saturated carbocycles. The molecule has 0 atom stereocenters. The molecule has 0 fully saturated rings. The number of nitrogens with one attached hydrogen (secondary N) is 1. The monoisotopic (exact) mass is 251 g/mol. The van der Waals surface area contributed by atoms with Gasteiger partial charge in [0.2, 0.25) is 0 Å². The highest BCUT2D eigenvalue weighted by atomic mass is 35.5. The van der Waals surface area contributed by atoms with Crippen LogP contribution in [0.1, 0.15) is 19.4 Å². The average Bonchev–Trinajstić information content (AvgIpc) is 2.29. The van der Waals surface area contributed by atoms with Gasteiger partial charge in [0.25, 0.3) is 0 Å². The van der Waals surface area contributed by atoms with E-state index in [0.29, 0.717) is 16.6 Å². The molecule has 0 aromatic heterocycles. The quantitative estimate of drug-likeness (QED) is 0.875. The highest BCUT2D eigenvalue weighted by molar-refractivity contribution is 6.32. The minimum Gasteiger partial charge on any atom is -0.384 e. The zero-order valence-electron chi connectivity index (χ0n) is 10.5. The third-order valence-corrected chi connectivity index (χ3v) is 3.08. The molecule has 92 valence electrons. The first-order chi connectivity index (χ1) is 8.04. The minimum absolute atomic E-state index is 0.495. The van der Waals surface area contributed by atoms with Crippen LogP contribution in [0.5, 0.6) is 0 Å². The van der Waals surface area contributed by atoms with Crippen molar-refractivity contribution in [3.63, 3.8) is 0 Å². The van der Waals surface area contributed by atoms with E-state index in [1.165, 1.54) is 0 Å². The first kappa shape index (κ1) is 13.8. The van der Waals surface area contributed by atoms with E-state index in [1.807, 2.05) is 12.1 Å². The highest BCUT2D eigenvalue weighted by Gasteiger charge is 2.03. The van der Waals surface area contributed by atoms with Crippen LogP contribution in [0.2, 0.25) is 5.02 Å². The topological polar surface area (TPSA) is 39.1 Å². The Morgan fingerprint density at radius 1 is 1.47 bits per heavy atom. The molecule has 0 bridgehead atoms. The molecule has 1 aromatic carbocycles. The largest absolute Gasteiger partial charge is 0.384 e. The first-order valence-electron chi connectivity index (χ1n) is 5.68. The molecular formula is C13H18ClN3. The normalized spacial score (nSPS) is 10.6. The maximum absolute atomic E-state index is 8.76. The van der Waals surface area contributed by atoms with Gasteiger partial charge in [-0.15, -0.1) is 0 Å².